The van der Waals surface area contributed by atoms with Gasteiger partial charge in [-0.25, -0.2) is 4.98 Å². The minimum absolute atomic E-state index is 0.142. The first-order chi connectivity index (χ1) is 8.06. The molecule has 0 aromatic carbocycles. The number of nitrogens with one attached hydrogen (secondary N) is 2. The number of amides is 1. The lowest BCUT2D eigenvalue weighted by Gasteiger charge is -2.03. The fourth-order valence-electron chi connectivity index (χ4n) is 1.37. The number of H-pyrrole nitrogens is 1. The predicted octanol–water partition coefficient (Wildman–Crippen LogP) is 0.0641. The summed E-state index contributed by atoms with van der Waals surface area (Å²) in [6, 6.07) is 1.74. The standard InChI is InChI=1S/C10H11N5O2/c1-6-3-8(15(2)14-6)13-10(17)7-4-12-9(16)5-11-7/h3-5H,1-2H3,(H,12,16)(H,13,17). The van der Waals surface area contributed by atoms with Gasteiger partial charge in [0.25, 0.3) is 11.5 Å². The summed E-state index contributed by atoms with van der Waals surface area (Å²) in [6.07, 6.45) is 2.32. The largest absolute Gasteiger partial charge is 0.325 e. The molecule has 2 aromatic rings. The molecule has 0 fully saturated rings. The monoisotopic (exact) mass is 233 g/mol. The normalized spacial score (nSPS) is 10.2. The topological polar surface area (TPSA) is 92.7 Å². The molecular formula is C10H11N5O2. The smallest absolute Gasteiger partial charge is 0.276 e. The number of aromatic amines is 1. The number of hydrogen-bond donors (Lipinski definition) is 2. The Hall–Kier alpha value is -2.44. The van der Waals surface area contributed by atoms with Gasteiger partial charge in [0.1, 0.15) is 11.5 Å². The molecule has 7 nitrogen and oxygen atoms in total. The number of carbonyl (C=O) groups excluding carboxylic acids is 1. The van der Waals surface area contributed by atoms with Gasteiger partial charge >= 0.3 is 0 Å². The van der Waals surface area contributed by atoms with E-state index in [1.165, 1.54) is 6.20 Å². The molecule has 2 N–H and O–H groups in total. The second kappa shape index (κ2) is 4.20. The Balaban J connectivity index is 2.19. The van der Waals surface area contributed by atoms with Crippen LogP contribution in [0.1, 0.15) is 16.2 Å². The number of hydrogen-bond acceptors (Lipinski definition) is 4. The first-order valence-corrected chi connectivity index (χ1v) is 4.93. The third-order valence-corrected chi connectivity index (χ3v) is 2.15. The first-order valence-electron chi connectivity index (χ1n) is 4.93. The van der Waals surface area contributed by atoms with E-state index < -0.39 is 5.91 Å². The number of aromatic nitrogens is 4. The summed E-state index contributed by atoms with van der Waals surface area (Å²) in [7, 11) is 1.73. The minimum atomic E-state index is -0.399. The van der Waals surface area contributed by atoms with Crippen LogP contribution in [0.5, 0.6) is 0 Å². The van der Waals surface area contributed by atoms with Crippen molar-refractivity contribution in [2.45, 2.75) is 6.92 Å². The molecular weight excluding hydrogens is 222 g/mol. The first kappa shape index (κ1) is 11.1. The lowest BCUT2D eigenvalue weighted by molar-refractivity contribution is 0.102. The van der Waals surface area contributed by atoms with Crippen LogP contribution in [0.3, 0.4) is 0 Å². The predicted molar refractivity (Wildman–Crippen MR) is 60.8 cm³/mol. The second-order valence-corrected chi connectivity index (χ2v) is 3.55. The van der Waals surface area contributed by atoms with Crippen molar-refractivity contribution in [1.82, 2.24) is 19.7 Å². The second-order valence-electron chi connectivity index (χ2n) is 3.55. The Morgan fingerprint density at radius 3 is 2.82 bits per heavy atom. The average molecular weight is 233 g/mol. The third-order valence-electron chi connectivity index (χ3n) is 2.15. The maximum Gasteiger partial charge on any atom is 0.276 e. The Kier molecular flexibility index (Phi) is 2.73. The van der Waals surface area contributed by atoms with Crippen LogP contribution in [0.15, 0.2) is 23.3 Å². The minimum Gasteiger partial charge on any atom is -0.325 e. The molecule has 0 spiro atoms. The van der Waals surface area contributed by atoms with Gasteiger partial charge in [0.2, 0.25) is 0 Å². The van der Waals surface area contributed by atoms with Crippen LogP contribution in [0, 0.1) is 6.92 Å². The summed E-state index contributed by atoms with van der Waals surface area (Å²) in [6.45, 7) is 1.83. The van der Waals surface area contributed by atoms with Crippen LogP contribution in [0.25, 0.3) is 0 Å². The SMILES string of the molecule is Cc1cc(NC(=O)c2c[nH]c(=O)cn2)n(C)n1. The molecule has 0 aliphatic rings. The van der Waals surface area contributed by atoms with E-state index in [4.69, 9.17) is 0 Å². The van der Waals surface area contributed by atoms with Crippen LogP contribution in [0.2, 0.25) is 0 Å². The molecule has 2 rings (SSSR count). The highest BCUT2D eigenvalue weighted by Crippen LogP contribution is 2.08. The summed E-state index contributed by atoms with van der Waals surface area (Å²) in [5.41, 5.74) is 0.596. The maximum atomic E-state index is 11.8. The number of rotatable bonds is 2. The highest BCUT2D eigenvalue weighted by atomic mass is 16.2. The molecule has 0 radical (unpaired) electrons. The number of nitrogens with zero attached hydrogens (tertiary/aromatic N) is 3. The van der Waals surface area contributed by atoms with Crippen molar-refractivity contribution in [2.75, 3.05) is 5.32 Å². The molecule has 0 bridgehead atoms. The summed E-state index contributed by atoms with van der Waals surface area (Å²) in [5.74, 6) is 0.171. The Morgan fingerprint density at radius 1 is 1.53 bits per heavy atom. The molecule has 2 heterocycles. The van der Waals surface area contributed by atoms with E-state index in [1.54, 1.807) is 17.8 Å². The van der Waals surface area contributed by atoms with E-state index >= 15 is 0 Å². The molecule has 0 saturated carbocycles. The fourth-order valence-corrected chi connectivity index (χ4v) is 1.37. The molecule has 88 valence electrons. The molecule has 7 heteroatoms. The van der Waals surface area contributed by atoms with E-state index in [-0.39, 0.29) is 11.3 Å². The van der Waals surface area contributed by atoms with Crippen molar-refractivity contribution >= 4 is 11.7 Å². The van der Waals surface area contributed by atoms with Crippen LogP contribution in [-0.2, 0) is 7.05 Å². The Bertz CT molecular complexity index is 593. The molecule has 0 aliphatic heterocycles. The number of carbonyl (C=O) groups is 1. The summed E-state index contributed by atoms with van der Waals surface area (Å²) in [5, 5.41) is 6.74. The third kappa shape index (κ3) is 2.39. The van der Waals surface area contributed by atoms with Crippen molar-refractivity contribution in [3.8, 4) is 0 Å². The van der Waals surface area contributed by atoms with Gasteiger partial charge in [0.05, 0.1) is 11.9 Å². The van der Waals surface area contributed by atoms with Gasteiger partial charge in [-0.2, -0.15) is 5.10 Å². The van der Waals surface area contributed by atoms with Crippen LogP contribution in [-0.4, -0.2) is 25.7 Å². The van der Waals surface area contributed by atoms with Gasteiger partial charge in [-0.05, 0) is 6.92 Å². The van der Waals surface area contributed by atoms with Gasteiger partial charge in [-0.3, -0.25) is 14.3 Å². The summed E-state index contributed by atoms with van der Waals surface area (Å²) < 4.78 is 1.55. The Morgan fingerprint density at radius 2 is 2.29 bits per heavy atom. The van der Waals surface area contributed by atoms with Crippen LogP contribution < -0.4 is 10.9 Å². The average Bonchev–Trinajstić information content (AvgIpc) is 2.58. The molecule has 0 aliphatic carbocycles. The number of aryl methyl sites for hydroxylation is 2. The van der Waals surface area contributed by atoms with E-state index in [1.807, 2.05) is 6.92 Å². The van der Waals surface area contributed by atoms with Gasteiger partial charge in [-0.15, -0.1) is 0 Å². The molecule has 1 amide bonds. The van der Waals surface area contributed by atoms with Crippen molar-refractivity contribution in [1.29, 1.82) is 0 Å². The highest BCUT2D eigenvalue weighted by molar-refractivity contribution is 6.02. The highest BCUT2D eigenvalue weighted by Gasteiger charge is 2.10. The van der Waals surface area contributed by atoms with Crippen molar-refractivity contribution in [3.63, 3.8) is 0 Å². The van der Waals surface area contributed by atoms with Gasteiger partial charge in [-0.1, -0.05) is 0 Å². The Labute approximate surface area is 96.5 Å². The lowest BCUT2D eigenvalue weighted by atomic mass is 10.4. The zero-order valence-electron chi connectivity index (χ0n) is 9.39. The molecule has 0 atom stereocenters. The number of anilines is 1. The van der Waals surface area contributed by atoms with Gasteiger partial charge in [0.15, 0.2) is 0 Å². The van der Waals surface area contributed by atoms with Crippen molar-refractivity contribution in [2.24, 2.45) is 7.05 Å². The van der Waals surface area contributed by atoms with Crippen molar-refractivity contribution in [3.05, 3.63) is 40.2 Å². The van der Waals surface area contributed by atoms with E-state index in [0.717, 1.165) is 11.9 Å². The quantitative estimate of drug-likeness (QED) is 0.767. The van der Waals surface area contributed by atoms with E-state index in [2.05, 4.69) is 20.4 Å². The zero-order valence-corrected chi connectivity index (χ0v) is 9.39. The van der Waals surface area contributed by atoms with Gasteiger partial charge < -0.3 is 10.3 Å². The van der Waals surface area contributed by atoms with Crippen LogP contribution >= 0.6 is 0 Å². The zero-order chi connectivity index (χ0) is 12.4. The molecule has 0 unspecified atom stereocenters. The molecule has 17 heavy (non-hydrogen) atoms. The fraction of sp³-hybridized carbons (Fsp3) is 0.200. The van der Waals surface area contributed by atoms with Crippen molar-refractivity contribution < 1.29 is 4.79 Å². The van der Waals surface area contributed by atoms with E-state index in [9.17, 15) is 9.59 Å². The van der Waals surface area contributed by atoms with Crippen LogP contribution in [0.4, 0.5) is 5.82 Å². The summed E-state index contributed by atoms with van der Waals surface area (Å²) >= 11 is 0. The summed E-state index contributed by atoms with van der Waals surface area (Å²) in [4.78, 5) is 28.7. The molecule has 0 saturated heterocycles. The lowest BCUT2D eigenvalue weighted by Crippen LogP contribution is -2.18. The van der Waals surface area contributed by atoms with Gasteiger partial charge in [0, 0.05) is 19.3 Å². The molecule has 2 aromatic heterocycles. The maximum absolute atomic E-state index is 11.8. The van der Waals surface area contributed by atoms with E-state index in [0.29, 0.717) is 5.82 Å².